The van der Waals surface area contributed by atoms with Crippen molar-refractivity contribution in [3.8, 4) is 0 Å². The summed E-state index contributed by atoms with van der Waals surface area (Å²) in [6.07, 6.45) is -2.08. The maximum atomic E-state index is 14.3. The van der Waals surface area contributed by atoms with Crippen molar-refractivity contribution >= 4 is 22.6 Å². The molecule has 1 fully saturated rings. The highest BCUT2D eigenvalue weighted by Crippen LogP contribution is 2.70. The normalized spacial score (nSPS) is 26.9. The van der Waals surface area contributed by atoms with Crippen molar-refractivity contribution in [1.29, 1.82) is 0 Å². The minimum absolute atomic E-state index is 0.226. The standard InChI is InChI=1S/C14H10F9I/c15-10(7-9(24)6-8-4-2-1-3-5-8)11(16,17)13(20,21)14(22,23)12(10,18)19/h1-5,9H,6-7H2. The van der Waals surface area contributed by atoms with Crippen LogP contribution in [0.25, 0.3) is 0 Å². The third-order valence-corrected chi connectivity index (χ3v) is 4.86. The molecule has 1 saturated carbocycles. The predicted molar refractivity (Wildman–Crippen MR) is 76.2 cm³/mol. The van der Waals surface area contributed by atoms with Crippen molar-refractivity contribution in [2.45, 2.75) is 46.1 Å². The molecule has 0 amide bonds. The molecule has 0 saturated heterocycles. The van der Waals surface area contributed by atoms with E-state index in [1.165, 1.54) is 46.9 Å². The lowest BCUT2D eigenvalue weighted by atomic mass is 9.89. The Bertz CT molecular complexity index is 574. The van der Waals surface area contributed by atoms with Gasteiger partial charge in [-0.05, 0) is 12.0 Å². The van der Waals surface area contributed by atoms with Gasteiger partial charge in [0.15, 0.2) is 0 Å². The molecule has 0 aromatic heterocycles. The van der Waals surface area contributed by atoms with Crippen LogP contribution in [0.15, 0.2) is 30.3 Å². The van der Waals surface area contributed by atoms with Gasteiger partial charge in [-0.1, -0.05) is 52.9 Å². The van der Waals surface area contributed by atoms with Gasteiger partial charge in [0.1, 0.15) is 0 Å². The van der Waals surface area contributed by atoms with Crippen LogP contribution in [0.2, 0.25) is 0 Å². The van der Waals surface area contributed by atoms with Gasteiger partial charge in [-0.3, -0.25) is 0 Å². The van der Waals surface area contributed by atoms with Crippen molar-refractivity contribution in [2.75, 3.05) is 0 Å². The van der Waals surface area contributed by atoms with Crippen LogP contribution in [0.4, 0.5) is 39.5 Å². The molecule has 0 heterocycles. The van der Waals surface area contributed by atoms with E-state index in [9.17, 15) is 39.5 Å². The van der Waals surface area contributed by atoms with Gasteiger partial charge in [0.05, 0.1) is 0 Å². The lowest BCUT2D eigenvalue weighted by Gasteiger charge is -2.32. The molecule has 0 aliphatic heterocycles. The summed E-state index contributed by atoms with van der Waals surface area (Å²) >= 11 is 1.31. The van der Waals surface area contributed by atoms with Crippen molar-refractivity contribution in [3.05, 3.63) is 35.9 Å². The maximum Gasteiger partial charge on any atom is 0.381 e. The van der Waals surface area contributed by atoms with E-state index in [4.69, 9.17) is 0 Å². The smallest absolute Gasteiger partial charge is 0.230 e. The zero-order valence-corrected chi connectivity index (χ0v) is 13.8. The first-order valence-electron chi connectivity index (χ1n) is 6.60. The van der Waals surface area contributed by atoms with Gasteiger partial charge in [0.25, 0.3) is 5.67 Å². The van der Waals surface area contributed by atoms with E-state index >= 15 is 0 Å². The van der Waals surface area contributed by atoms with Crippen LogP contribution >= 0.6 is 22.6 Å². The predicted octanol–water partition coefficient (Wildman–Crippen LogP) is 5.69. The first-order valence-corrected chi connectivity index (χ1v) is 7.85. The Morgan fingerprint density at radius 1 is 0.708 bits per heavy atom. The van der Waals surface area contributed by atoms with E-state index in [0.717, 1.165) is 0 Å². The fourth-order valence-corrected chi connectivity index (χ4v) is 3.71. The Hall–Kier alpha value is -0.680. The van der Waals surface area contributed by atoms with E-state index in [1.54, 1.807) is 6.07 Å². The molecular formula is C14H10F9I. The highest BCUT2D eigenvalue weighted by atomic mass is 127. The number of hydrogen-bond acceptors (Lipinski definition) is 0. The van der Waals surface area contributed by atoms with Crippen LogP contribution < -0.4 is 0 Å². The van der Waals surface area contributed by atoms with E-state index in [1.807, 2.05) is 0 Å². The van der Waals surface area contributed by atoms with Crippen LogP contribution in [0, 0.1) is 0 Å². The van der Waals surface area contributed by atoms with Crippen LogP contribution in [0.5, 0.6) is 0 Å². The largest absolute Gasteiger partial charge is 0.381 e. The average molecular weight is 476 g/mol. The summed E-state index contributed by atoms with van der Waals surface area (Å²) in [6, 6.07) is 7.62. The minimum atomic E-state index is -6.50. The molecule has 0 radical (unpaired) electrons. The quantitative estimate of drug-likeness (QED) is 0.298. The molecule has 0 nitrogen and oxygen atoms in total. The Labute approximate surface area is 144 Å². The summed E-state index contributed by atoms with van der Waals surface area (Å²) in [6.45, 7) is 0. The van der Waals surface area contributed by atoms with E-state index in [2.05, 4.69) is 0 Å². The third kappa shape index (κ3) is 2.34. The molecule has 1 atom stereocenters. The molecule has 2 rings (SSSR count). The van der Waals surface area contributed by atoms with E-state index in [0.29, 0.717) is 5.56 Å². The highest BCUT2D eigenvalue weighted by Gasteiger charge is 3.00. The molecule has 1 aliphatic carbocycles. The third-order valence-electron chi connectivity index (χ3n) is 3.98. The molecule has 0 bridgehead atoms. The summed E-state index contributed by atoms with van der Waals surface area (Å²) in [7, 11) is 0. The second-order valence-corrected chi connectivity index (χ2v) is 7.35. The number of hydrogen-bond donors (Lipinski definition) is 0. The van der Waals surface area contributed by atoms with Crippen molar-refractivity contribution in [3.63, 3.8) is 0 Å². The van der Waals surface area contributed by atoms with Gasteiger partial charge in [0, 0.05) is 10.3 Å². The zero-order chi connectivity index (χ0) is 18.6. The van der Waals surface area contributed by atoms with E-state index < -0.39 is 39.7 Å². The fraction of sp³-hybridized carbons (Fsp3) is 0.571. The summed E-state index contributed by atoms with van der Waals surface area (Å²) in [5.74, 6) is -25.4. The van der Waals surface area contributed by atoms with Crippen LogP contribution in [0.3, 0.4) is 0 Å². The summed E-state index contributed by atoms with van der Waals surface area (Å²) in [4.78, 5) is 0. The molecule has 10 heteroatoms. The Kier molecular flexibility index (Phi) is 4.64. The molecule has 136 valence electrons. The monoisotopic (exact) mass is 476 g/mol. The fourth-order valence-electron chi connectivity index (χ4n) is 2.59. The number of halogens is 10. The Balaban J connectivity index is 2.36. The second kappa shape index (κ2) is 5.66. The Morgan fingerprint density at radius 3 is 1.54 bits per heavy atom. The molecule has 1 aliphatic rings. The van der Waals surface area contributed by atoms with Gasteiger partial charge in [-0.25, -0.2) is 4.39 Å². The molecular weight excluding hydrogens is 466 g/mol. The molecule has 24 heavy (non-hydrogen) atoms. The average Bonchev–Trinajstić information content (AvgIpc) is 2.50. The first kappa shape index (κ1) is 19.6. The van der Waals surface area contributed by atoms with Crippen LogP contribution in [-0.4, -0.2) is 33.3 Å². The molecule has 1 unspecified atom stereocenters. The number of alkyl halides is 10. The maximum absolute atomic E-state index is 14.3. The van der Waals surface area contributed by atoms with Gasteiger partial charge >= 0.3 is 23.7 Å². The highest BCUT2D eigenvalue weighted by molar-refractivity contribution is 14.1. The Morgan fingerprint density at radius 2 is 1.12 bits per heavy atom. The second-order valence-electron chi connectivity index (χ2n) is 5.59. The summed E-state index contributed by atoms with van der Waals surface area (Å²) in [5, 5.41) is 0. The van der Waals surface area contributed by atoms with Crippen molar-refractivity contribution in [1.82, 2.24) is 0 Å². The van der Waals surface area contributed by atoms with Gasteiger partial charge in [-0.2, -0.15) is 35.1 Å². The molecule has 1 aromatic carbocycles. The first-order chi connectivity index (χ1) is 10.7. The number of benzene rings is 1. The lowest BCUT2D eigenvalue weighted by Crippen LogP contribution is -2.56. The van der Waals surface area contributed by atoms with E-state index in [-0.39, 0.29) is 6.42 Å². The summed E-state index contributed by atoms with van der Waals surface area (Å²) < 4.78 is 120. The van der Waals surface area contributed by atoms with Crippen molar-refractivity contribution in [2.24, 2.45) is 0 Å². The van der Waals surface area contributed by atoms with Gasteiger partial charge in [-0.15, -0.1) is 0 Å². The van der Waals surface area contributed by atoms with Crippen LogP contribution in [0.1, 0.15) is 12.0 Å². The van der Waals surface area contributed by atoms with Gasteiger partial charge < -0.3 is 0 Å². The zero-order valence-electron chi connectivity index (χ0n) is 11.7. The number of rotatable bonds is 4. The molecule has 0 spiro atoms. The molecule has 1 aromatic rings. The summed E-state index contributed by atoms with van der Waals surface area (Å²) in [5.41, 5.74) is -4.93. The van der Waals surface area contributed by atoms with Gasteiger partial charge in [0.2, 0.25) is 0 Å². The van der Waals surface area contributed by atoms with Crippen molar-refractivity contribution < 1.29 is 39.5 Å². The SMILES string of the molecule is FC1(F)C(F)(F)C(F)(F)C(F)(CC(I)Cc2ccccc2)C1(F)F. The lowest BCUT2D eigenvalue weighted by molar-refractivity contribution is -0.303. The topological polar surface area (TPSA) is 0 Å². The minimum Gasteiger partial charge on any atom is -0.230 e. The molecule has 0 N–H and O–H groups in total. The van der Waals surface area contributed by atoms with Crippen LogP contribution in [-0.2, 0) is 6.42 Å².